The zero-order valence-electron chi connectivity index (χ0n) is 16.6. The predicted molar refractivity (Wildman–Crippen MR) is 115 cm³/mol. The van der Waals surface area contributed by atoms with Gasteiger partial charge in [-0.05, 0) is 67.8 Å². The van der Waals surface area contributed by atoms with Gasteiger partial charge in [-0.25, -0.2) is 0 Å². The molecule has 0 spiro atoms. The Labute approximate surface area is 178 Å². The molecule has 1 heterocycles. The maximum Gasteiger partial charge on any atom is 0.311 e. The van der Waals surface area contributed by atoms with Crippen LogP contribution < -0.4 is 10.2 Å². The minimum absolute atomic E-state index is 0.0826. The lowest BCUT2D eigenvalue weighted by Gasteiger charge is -2.17. The molecular weight excluding hydrogens is 436 g/mol. The van der Waals surface area contributed by atoms with E-state index in [1.54, 1.807) is 11.0 Å². The summed E-state index contributed by atoms with van der Waals surface area (Å²) in [4.78, 5) is 38.4. The minimum Gasteiger partial charge on any atom is -0.455 e. The highest BCUT2D eigenvalue weighted by molar-refractivity contribution is 9.10. The topological polar surface area (TPSA) is 75.7 Å². The number of amides is 2. The molecular formula is C22H23BrN2O4. The molecule has 1 N–H and O–H groups in total. The number of hydrogen-bond donors (Lipinski definition) is 1. The van der Waals surface area contributed by atoms with Gasteiger partial charge in [-0.3, -0.25) is 14.4 Å². The van der Waals surface area contributed by atoms with Gasteiger partial charge >= 0.3 is 5.97 Å². The summed E-state index contributed by atoms with van der Waals surface area (Å²) in [6.07, 6.45) is 0.0826. The lowest BCUT2D eigenvalue weighted by Crippen LogP contribution is -2.28. The molecule has 0 aromatic heterocycles. The molecule has 0 aliphatic carbocycles. The van der Waals surface area contributed by atoms with Gasteiger partial charge in [-0.15, -0.1) is 0 Å². The van der Waals surface area contributed by atoms with E-state index < -0.39 is 17.8 Å². The molecule has 6 nitrogen and oxygen atoms in total. The van der Waals surface area contributed by atoms with Gasteiger partial charge in [-0.1, -0.05) is 22.0 Å². The molecule has 0 saturated carbocycles. The molecule has 0 unspecified atom stereocenters. The molecule has 0 radical (unpaired) electrons. The van der Waals surface area contributed by atoms with E-state index in [0.29, 0.717) is 5.69 Å². The number of nitrogens with one attached hydrogen (secondary N) is 1. The largest absolute Gasteiger partial charge is 0.455 e. The predicted octanol–water partition coefficient (Wildman–Crippen LogP) is 3.91. The van der Waals surface area contributed by atoms with E-state index in [9.17, 15) is 14.4 Å². The first-order chi connectivity index (χ1) is 13.7. The van der Waals surface area contributed by atoms with Crippen LogP contribution in [0.25, 0.3) is 0 Å². The number of hydrogen-bond acceptors (Lipinski definition) is 4. The van der Waals surface area contributed by atoms with Gasteiger partial charge in [0.1, 0.15) is 0 Å². The number of anilines is 2. The number of aryl methyl sites for hydroxylation is 3. The molecule has 29 heavy (non-hydrogen) atoms. The summed E-state index contributed by atoms with van der Waals surface area (Å²) in [7, 11) is 0. The molecule has 3 rings (SSSR count). The van der Waals surface area contributed by atoms with Crippen LogP contribution in [0.3, 0.4) is 0 Å². The second-order valence-corrected chi connectivity index (χ2v) is 8.15. The van der Waals surface area contributed by atoms with Gasteiger partial charge < -0.3 is 15.0 Å². The van der Waals surface area contributed by atoms with Gasteiger partial charge in [0.25, 0.3) is 5.91 Å². The first-order valence-corrected chi connectivity index (χ1v) is 10.1. The van der Waals surface area contributed by atoms with E-state index in [1.807, 2.05) is 51.1 Å². The molecule has 1 fully saturated rings. The van der Waals surface area contributed by atoms with Crippen LogP contribution >= 0.6 is 15.9 Å². The van der Waals surface area contributed by atoms with Crippen molar-refractivity contribution in [1.82, 2.24) is 0 Å². The van der Waals surface area contributed by atoms with Crippen molar-refractivity contribution in [3.8, 4) is 0 Å². The summed E-state index contributed by atoms with van der Waals surface area (Å²) < 4.78 is 6.10. The molecule has 2 amide bonds. The molecule has 2 aromatic carbocycles. The Morgan fingerprint density at radius 2 is 1.86 bits per heavy atom. The van der Waals surface area contributed by atoms with Crippen LogP contribution in [-0.4, -0.2) is 30.9 Å². The highest BCUT2D eigenvalue weighted by Crippen LogP contribution is 2.27. The van der Waals surface area contributed by atoms with Crippen LogP contribution in [0.15, 0.2) is 40.9 Å². The maximum atomic E-state index is 12.4. The van der Waals surface area contributed by atoms with Crippen molar-refractivity contribution in [3.63, 3.8) is 0 Å². The molecule has 2 aromatic rings. The lowest BCUT2D eigenvalue weighted by atomic mass is 10.1. The number of benzene rings is 2. The van der Waals surface area contributed by atoms with Crippen molar-refractivity contribution >= 4 is 45.1 Å². The average molecular weight is 459 g/mol. The van der Waals surface area contributed by atoms with Crippen LogP contribution in [0.5, 0.6) is 0 Å². The second-order valence-electron chi connectivity index (χ2n) is 7.29. The van der Waals surface area contributed by atoms with E-state index in [0.717, 1.165) is 26.9 Å². The normalized spacial score (nSPS) is 16.1. The number of halogens is 1. The van der Waals surface area contributed by atoms with Crippen LogP contribution in [-0.2, 0) is 19.1 Å². The zero-order valence-corrected chi connectivity index (χ0v) is 18.2. The highest BCUT2D eigenvalue weighted by Gasteiger charge is 2.36. The zero-order chi connectivity index (χ0) is 21.1. The third-order valence-corrected chi connectivity index (χ3v) is 5.94. The average Bonchev–Trinajstić information content (AvgIpc) is 3.07. The summed E-state index contributed by atoms with van der Waals surface area (Å²) >= 11 is 3.40. The number of ether oxygens (including phenoxy) is 1. The SMILES string of the molecule is Cc1ccc(N2C[C@@H](C(=O)OCC(=O)Nc3ccc(Br)c(C)c3)CC2=O)cc1C. The van der Waals surface area contributed by atoms with Crippen LogP contribution in [0.4, 0.5) is 11.4 Å². The standard InChI is InChI=1S/C22H23BrN2O4/c1-13-4-6-18(9-14(13)2)25-11-16(10-21(25)27)22(28)29-12-20(26)24-17-5-7-19(23)15(3)8-17/h4-9,16H,10-12H2,1-3H3,(H,24,26)/t16-/m0/s1. The number of nitrogens with zero attached hydrogens (tertiary/aromatic N) is 1. The van der Waals surface area contributed by atoms with E-state index in [2.05, 4.69) is 21.2 Å². The fourth-order valence-corrected chi connectivity index (χ4v) is 3.43. The fraction of sp³-hybridized carbons (Fsp3) is 0.318. The minimum atomic E-state index is -0.577. The molecule has 152 valence electrons. The third kappa shape index (κ3) is 5.03. The van der Waals surface area contributed by atoms with Crippen LogP contribution in [0.1, 0.15) is 23.1 Å². The Morgan fingerprint density at radius 3 is 2.55 bits per heavy atom. The van der Waals surface area contributed by atoms with Crippen LogP contribution in [0, 0.1) is 26.7 Å². The summed E-state index contributed by atoms with van der Waals surface area (Å²) in [5, 5.41) is 2.70. The molecule has 1 aliphatic heterocycles. The van der Waals surface area contributed by atoms with E-state index in [4.69, 9.17) is 4.74 Å². The Kier molecular flexibility index (Phi) is 6.37. The number of esters is 1. The first-order valence-electron chi connectivity index (χ1n) is 9.35. The number of carbonyl (C=O) groups excluding carboxylic acids is 3. The fourth-order valence-electron chi connectivity index (χ4n) is 3.18. The Hall–Kier alpha value is -2.67. The van der Waals surface area contributed by atoms with E-state index in [-0.39, 0.29) is 25.5 Å². The maximum absolute atomic E-state index is 12.4. The van der Waals surface area contributed by atoms with Crippen LogP contribution in [0.2, 0.25) is 0 Å². The monoisotopic (exact) mass is 458 g/mol. The quantitative estimate of drug-likeness (QED) is 0.689. The van der Waals surface area contributed by atoms with Crippen molar-refractivity contribution in [2.24, 2.45) is 5.92 Å². The van der Waals surface area contributed by atoms with Crippen molar-refractivity contribution in [2.45, 2.75) is 27.2 Å². The summed E-state index contributed by atoms with van der Waals surface area (Å²) in [6, 6.07) is 11.2. The third-order valence-electron chi connectivity index (χ3n) is 5.05. The molecule has 1 atom stereocenters. The summed E-state index contributed by atoms with van der Waals surface area (Å²) in [5.74, 6) is -1.65. The van der Waals surface area contributed by atoms with Crippen molar-refractivity contribution in [3.05, 3.63) is 57.6 Å². The van der Waals surface area contributed by atoms with Gasteiger partial charge in [0.15, 0.2) is 6.61 Å². The Balaban J connectivity index is 1.54. The number of rotatable bonds is 5. The smallest absolute Gasteiger partial charge is 0.311 e. The van der Waals surface area contributed by atoms with Crippen molar-refractivity contribution < 1.29 is 19.1 Å². The van der Waals surface area contributed by atoms with E-state index >= 15 is 0 Å². The van der Waals surface area contributed by atoms with Crippen molar-refractivity contribution in [2.75, 3.05) is 23.4 Å². The van der Waals surface area contributed by atoms with Gasteiger partial charge in [0.05, 0.1) is 5.92 Å². The van der Waals surface area contributed by atoms with Crippen molar-refractivity contribution in [1.29, 1.82) is 0 Å². The van der Waals surface area contributed by atoms with Gasteiger partial charge in [0, 0.05) is 28.8 Å². The van der Waals surface area contributed by atoms with E-state index in [1.165, 1.54) is 0 Å². The highest BCUT2D eigenvalue weighted by atomic mass is 79.9. The molecule has 0 bridgehead atoms. The Morgan fingerprint density at radius 1 is 1.10 bits per heavy atom. The molecule has 1 aliphatic rings. The second kappa shape index (κ2) is 8.78. The molecule has 7 heteroatoms. The first kappa shape index (κ1) is 21.0. The van der Waals surface area contributed by atoms with Gasteiger partial charge in [0.2, 0.25) is 5.91 Å². The molecule has 1 saturated heterocycles. The lowest BCUT2D eigenvalue weighted by molar-refractivity contribution is -0.151. The Bertz CT molecular complexity index is 973. The summed E-state index contributed by atoms with van der Waals surface area (Å²) in [6.45, 7) is 5.77. The number of carbonyl (C=O) groups is 3. The summed E-state index contributed by atoms with van der Waals surface area (Å²) in [5.41, 5.74) is 4.61. The van der Waals surface area contributed by atoms with Gasteiger partial charge in [-0.2, -0.15) is 0 Å².